The predicted octanol–water partition coefficient (Wildman–Crippen LogP) is -0.197. The number of benzene rings is 2. The molecule has 0 heterocycles. The molecule has 3 heteroatoms. The van der Waals surface area contributed by atoms with Crippen molar-refractivity contribution < 1.29 is 24.0 Å². The molecule has 0 radical (unpaired) electrons. The summed E-state index contributed by atoms with van der Waals surface area (Å²) in [6.45, 7) is 4.64. The van der Waals surface area contributed by atoms with Gasteiger partial charge in [0.05, 0.1) is 8.07 Å². The van der Waals surface area contributed by atoms with Gasteiger partial charge < -0.3 is 5.11 Å². The third kappa shape index (κ3) is 3.67. The molecule has 0 amide bonds. The molecular weight excluding hydrogens is 255 g/mol. The first-order chi connectivity index (χ1) is 9.16. The molecule has 0 aromatic heterocycles. The summed E-state index contributed by atoms with van der Waals surface area (Å²) in [4.78, 5) is 0. The molecule has 0 fully saturated rings. The summed E-state index contributed by atoms with van der Waals surface area (Å²) >= 11 is 0. The maximum atomic E-state index is 11.0. The SMILES string of the molecule is C[Si](C)(c1ccccc1)C(/C=C\[O-])c1ccccc1.[Li+]. The van der Waals surface area contributed by atoms with Crippen LogP contribution in [0.5, 0.6) is 0 Å². The van der Waals surface area contributed by atoms with Crippen molar-refractivity contribution >= 4 is 13.3 Å². The van der Waals surface area contributed by atoms with E-state index in [4.69, 9.17) is 0 Å². The largest absolute Gasteiger partial charge is 1.00 e. The van der Waals surface area contributed by atoms with Gasteiger partial charge in [0.25, 0.3) is 0 Å². The van der Waals surface area contributed by atoms with E-state index < -0.39 is 8.07 Å². The van der Waals surface area contributed by atoms with Gasteiger partial charge in [-0.1, -0.05) is 85.0 Å². The topological polar surface area (TPSA) is 23.1 Å². The van der Waals surface area contributed by atoms with Crippen LogP contribution in [0.1, 0.15) is 11.1 Å². The maximum Gasteiger partial charge on any atom is 1.00 e. The summed E-state index contributed by atoms with van der Waals surface area (Å²) in [5.74, 6) is 0. The summed E-state index contributed by atoms with van der Waals surface area (Å²) in [5, 5.41) is 12.4. The molecule has 0 bridgehead atoms. The van der Waals surface area contributed by atoms with Crippen molar-refractivity contribution in [3.05, 3.63) is 78.6 Å². The van der Waals surface area contributed by atoms with Crippen LogP contribution < -0.4 is 29.2 Å². The van der Waals surface area contributed by atoms with Crippen LogP contribution in [0.2, 0.25) is 13.1 Å². The van der Waals surface area contributed by atoms with Gasteiger partial charge in [0, 0.05) is 5.54 Å². The molecule has 2 rings (SSSR count). The molecule has 0 saturated carbocycles. The van der Waals surface area contributed by atoms with E-state index in [2.05, 4.69) is 49.5 Å². The Labute approximate surface area is 134 Å². The van der Waals surface area contributed by atoms with E-state index in [0.717, 1.165) is 6.26 Å². The standard InChI is InChI=1S/C17H20OSi.Li/c1-19(2,16-11-7-4-8-12-16)17(13-14-18)15-9-5-3-6-10-15;/h3-14,17-18H,1-2H3;/q;+1/p-1/b14-13-;. The molecule has 0 aliphatic rings. The molecule has 0 spiro atoms. The van der Waals surface area contributed by atoms with Gasteiger partial charge in [-0.3, -0.25) is 0 Å². The average molecular weight is 274 g/mol. The van der Waals surface area contributed by atoms with Crippen molar-refractivity contribution in [3.63, 3.8) is 0 Å². The van der Waals surface area contributed by atoms with Gasteiger partial charge in [-0.2, -0.15) is 6.26 Å². The zero-order valence-corrected chi connectivity index (χ0v) is 13.4. The van der Waals surface area contributed by atoms with E-state index in [9.17, 15) is 5.11 Å². The fourth-order valence-electron chi connectivity index (χ4n) is 2.55. The zero-order chi connectivity index (χ0) is 13.7. The van der Waals surface area contributed by atoms with Crippen molar-refractivity contribution in [3.8, 4) is 0 Å². The van der Waals surface area contributed by atoms with E-state index in [1.807, 2.05) is 30.3 Å². The summed E-state index contributed by atoms with van der Waals surface area (Å²) in [6, 6.07) is 20.9. The third-order valence-electron chi connectivity index (χ3n) is 3.73. The normalized spacial score (nSPS) is 12.9. The van der Waals surface area contributed by atoms with Gasteiger partial charge in [-0.05, 0) is 5.56 Å². The van der Waals surface area contributed by atoms with Crippen molar-refractivity contribution in [2.75, 3.05) is 0 Å². The summed E-state index contributed by atoms with van der Waals surface area (Å²) in [6.07, 6.45) is 2.75. The van der Waals surface area contributed by atoms with Gasteiger partial charge >= 0.3 is 18.9 Å². The van der Waals surface area contributed by atoms with Crippen molar-refractivity contribution in [1.29, 1.82) is 0 Å². The van der Waals surface area contributed by atoms with Crippen LogP contribution in [0.15, 0.2) is 73.0 Å². The van der Waals surface area contributed by atoms with Crippen molar-refractivity contribution in [2.45, 2.75) is 18.6 Å². The molecule has 0 saturated heterocycles. The maximum absolute atomic E-state index is 11.0. The number of hydrogen-bond donors (Lipinski definition) is 0. The number of allylic oxidation sites excluding steroid dienone is 1. The first-order valence-electron chi connectivity index (χ1n) is 6.55. The Morgan fingerprint density at radius 2 is 1.40 bits per heavy atom. The van der Waals surface area contributed by atoms with E-state index in [1.54, 1.807) is 0 Å². The van der Waals surface area contributed by atoms with Gasteiger partial charge in [0.2, 0.25) is 0 Å². The number of hydrogen-bond acceptors (Lipinski definition) is 1. The predicted molar refractivity (Wildman–Crippen MR) is 81.9 cm³/mol. The molecule has 0 aliphatic heterocycles. The van der Waals surface area contributed by atoms with Crippen LogP contribution in [-0.4, -0.2) is 8.07 Å². The molecule has 20 heavy (non-hydrogen) atoms. The fourth-order valence-corrected chi connectivity index (χ4v) is 5.55. The molecule has 0 N–H and O–H groups in total. The Morgan fingerprint density at radius 3 is 1.90 bits per heavy atom. The Bertz CT molecular complexity index is 537. The van der Waals surface area contributed by atoms with Gasteiger partial charge in [0.15, 0.2) is 0 Å². The quantitative estimate of drug-likeness (QED) is 0.559. The van der Waals surface area contributed by atoms with E-state index in [1.165, 1.54) is 10.8 Å². The van der Waals surface area contributed by atoms with Crippen LogP contribution in [0.25, 0.3) is 0 Å². The van der Waals surface area contributed by atoms with Crippen LogP contribution in [0.3, 0.4) is 0 Å². The molecule has 0 aliphatic carbocycles. The first kappa shape index (κ1) is 16.8. The molecule has 2 aromatic carbocycles. The third-order valence-corrected chi connectivity index (χ3v) is 7.63. The Hall–Kier alpha value is -1.21. The second kappa shape index (κ2) is 7.54. The van der Waals surface area contributed by atoms with Crippen LogP contribution in [0.4, 0.5) is 0 Å². The molecule has 1 unspecified atom stereocenters. The molecule has 98 valence electrons. The smallest absolute Gasteiger partial charge is 0.878 e. The summed E-state index contributed by atoms with van der Waals surface area (Å²) in [7, 11) is -1.76. The van der Waals surface area contributed by atoms with Crippen LogP contribution in [0, 0.1) is 0 Å². The second-order valence-corrected chi connectivity index (χ2v) is 9.95. The summed E-state index contributed by atoms with van der Waals surface area (Å²) in [5.41, 5.74) is 1.45. The first-order valence-corrected chi connectivity index (χ1v) is 9.63. The Balaban J connectivity index is 0.00000200. The van der Waals surface area contributed by atoms with Crippen LogP contribution in [-0.2, 0) is 0 Å². The molecular formula is C17H19LiOSi. The second-order valence-electron chi connectivity index (χ2n) is 5.30. The van der Waals surface area contributed by atoms with Crippen molar-refractivity contribution in [2.24, 2.45) is 0 Å². The van der Waals surface area contributed by atoms with Gasteiger partial charge in [0.1, 0.15) is 0 Å². The van der Waals surface area contributed by atoms with E-state index >= 15 is 0 Å². The Kier molecular flexibility index (Phi) is 6.35. The minimum absolute atomic E-state index is 0. The molecule has 1 nitrogen and oxygen atoms in total. The monoisotopic (exact) mass is 274 g/mol. The van der Waals surface area contributed by atoms with Gasteiger partial charge in [-0.15, -0.1) is 0 Å². The van der Waals surface area contributed by atoms with Gasteiger partial charge in [-0.25, -0.2) is 0 Å². The van der Waals surface area contributed by atoms with Crippen molar-refractivity contribution in [1.82, 2.24) is 0 Å². The van der Waals surface area contributed by atoms with E-state index in [0.29, 0.717) is 0 Å². The number of rotatable bonds is 4. The fraction of sp³-hybridized carbons (Fsp3) is 0.176. The van der Waals surface area contributed by atoms with Crippen LogP contribution >= 0.6 is 0 Å². The summed E-state index contributed by atoms with van der Waals surface area (Å²) < 4.78 is 0. The minimum atomic E-state index is -1.76. The average Bonchev–Trinajstić information content (AvgIpc) is 2.46. The Morgan fingerprint density at radius 1 is 0.900 bits per heavy atom. The zero-order valence-electron chi connectivity index (χ0n) is 12.4. The minimum Gasteiger partial charge on any atom is -0.878 e. The molecule has 2 aromatic rings. The molecule has 1 atom stereocenters. The van der Waals surface area contributed by atoms with E-state index in [-0.39, 0.29) is 24.4 Å².